The number of rotatable bonds is 4. The summed E-state index contributed by atoms with van der Waals surface area (Å²) >= 11 is 0. The van der Waals surface area contributed by atoms with Gasteiger partial charge in [-0.05, 0) is 45.1 Å². The Bertz CT molecular complexity index is 2820. The molecule has 0 saturated heterocycles. The molecule has 2 aromatic heterocycles. The third kappa shape index (κ3) is 4.35. The lowest BCUT2D eigenvalue weighted by Gasteiger charge is -2.14. The van der Waals surface area contributed by atoms with Crippen LogP contribution in [-0.4, -0.2) is 19.5 Å². The molecule has 10 rings (SSSR count). The fraction of sp³-hybridized carbons (Fsp3) is 0. The molecule has 0 saturated carbocycles. The fourth-order valence-electron chi connectivity index (χ4n) is 7.44. The first-order valence-electron chi connectivity index (χ1n) is 16.5. The summed E-state index contributed by atoms with van der Waals surface area (Å²) in [5.41, 5.74) is 6.24. The van der Waals surface area contributed by atoms with E-state index in [2.05, 4.69) is 114 Å². The molecule has 0 N–H and O–H groups in total. The van der Waals surface area contributed by atoms with E-state index in [-0.39, 0.29) is 0 Å². The van der Waals surface area contributed by atoms with Gasteiger partial charge in [0.05, 0.1) is 11.0 Å². The highest BCUT2D eigenvalue weighted by Gasteiger charge is 2.20. The standard InChI is InChI=1S/C45H28N4/c1-3-15-30(16-4-1)43-46-44(31-17-5-2-6-18-31)48-45(47-43)32-19-13-20-33(28-32)49-39-25-12-11-24-37(39)41-38-27-26-29-14-7-8-21-34(29)40(38)35-22-9-10-23-36(35)42(41)49/h1-28H. The van der Waals surface area contributed by atoms with Crippen LogP contribution in [0.5, 0.6) is 0 Å². The van der Waals surface area contributed by atoms with E-state index < -0.39 is 0 Å². The van der Waals surface area contributed by atoms with Gasteiger partial charge in [-0.25, -0.2) is 15.0 Å². The molecule has 0 radical (unpaired) electrons. The lowest BCUT2D eigenvalue weighted by molar-refractivity contribution is 1.07. The maximum absolute atomic E-state index is 5.03. The summed E-state index contributed by atoms with van der Waals surface area (Å²) in [5.74, 6) is 1.94. The average molecular weight is 625 g/mol. The monoisotopic (exact) mass is 624 g/mol. The maximum Gasteiger partial charge on any atom is 0.164 e. The molecule has 0 atom stereocenters. The first-order chi connectivity index (χ1) is 24.3. The quantitative estimate of drug-likeness (QED) is 0.183. The fourth-order valence-corrected chi connectivity index (χ4v) is 7.44. The van der Waals surface area contributed by atoms with E-state index in [0.29, 0.717) is 17.5 Å². The highest BCUT2D eigenvalue weighted by Crippen LogP contribution is 2.44. The molecule has 0 aliphatic rings. The van der Waals surface area contributed by atoms with Crippen LogP contribution in [0.3, 0.4) is 0 Å². The molecule has 49 heavy (non-hydrogen) atoms. The third-order valence-corrected chi connectivity index (χ3v) is 9.59. The van der Waals surface area contributed by atoms with Crippen molar-refractivity contribution >= 4 is 54.1 Å². The summed E-state index contributed by atoms with van der Waals surface area (Å²) in [7, 11) is 0. The van der Waals surface area contributed by atoms with Crippen molar-refractivity contribution < 1.29 is 0 Å². The molecule has 228 valence electrons. The van der Waals surface area contributed by atoms with Crippen molar-refractivity contribution in [2.75, 3.05) is 0 Å². The lowest BCUT2D eigenvalue weighted by atomic mass is 9.93. The molecule has 0 amide bonds. The van der Waals surface area contributed by atoms with Gasteiger partial charge in [-0.1, -0.05) is 152 Å². The van der Waals surface area contributed by atoms with Gasteiger partial charge in [-0.3, -0.25) is 0 Å². The van der Waals surface area contributed by atoms with Crippen LogP contribution in [0.4, 0.5) is 0 Å². The molecule has 0 unspecified atom stereocenters. The molecule has 4 nitrogen and oxygen atoms in total. The van der Waals surface area contributed by atoms with E-state index >= 15 is 0 Å². The number of fused-ring (bicyclic) bond motifs is 10. The van der Waals surface area contributed by atoms with E-state index in [0.717, 1.165) is 27.9 Å². The van der Waals surface area contributed by atoms with Gasteiger partial charge in [-0.15, -0.1) is 0 Å². The zero-order valence-electron chi connectivity index (χ0n) is 26.5. The first-order valence-corrected chi connectivity index (χ1v) is 16.5. The van der Waals surface area contributed by atoms with Gasteiger partial charge in [-0.2, -0.15) is 0 Å². The van der Waals surface area contributed by atoms with Crippen LogP contribution in [0.1, 0.15) is 0 Å². The predicted octanol–water partition coefficient (Wildman–Crippen LogP) is 11.4. The second-order valence-electron chi connectivity index (χ2n) is 12.4. The minimum Gasteiger partial charge on any atom is -0.309 e. The largest absolute Gasteiger partial charge is 0.309 e. The summed E-state index contributed by atoms with van der Waals surface area (Å²) in [6, 6.07) is 59.7. The normalized spacial score (nSPS) is 11.7. The van der Waals surface area contributed by atoms with Crippen LogP contribution in [0, 0.1) is 0 Å². The summed E-state index contributed by atoms with van der Waals surface area (Å²) in [6.07, 6.45) is 0. The van der Waals surface area contributed by atoms with Crippen molar-refractivity contribution in [1.29, 1.82) is 0 Å². The van der Waals surface area contributed by atoms with Gasteiger partial charge in [0.2, 0.25) is 0 Å². The van der Waals surface area contributed by atoms with E-state index in [9.17, 15) is 0 Å². The highest BCUT2D eigenvalue weighted by atomic mass is 15.0. The van der Waals surface area contributed by atoms with E-state index in [1.165, 1.54) is 48.6 Å². The Morgan fingerprint density at radius 1 is 0.347 bits per heavy atom. The Balaban J connectivity index is 1.27. The maximum atomic E-state index is 5.03. The number of aromatic nitrogens is 4. The van der Waals surface area contributed by atoms with Crippen LogP contribution in [0.25, 0.3) is 94.0 Å². The van der Waals surface area contributed by atoms with Gasteiger partial charge < -0.3 is 4.57 Å². The van der Waals surface area contributed by atoms with Gasteiger partial charge in [0.15, 0.2) is 17.5 Å². The van der Waals surface area contributed by atoms with Crippen LogP contribution >= 0.6 is 0 Å². The zero-order valence-corrected chi connectivity index (χ0v) is 26.5. The van der Waals surface area contributed by atoms with Crippen LogP contribution in [0.15, 0.2) is 170 Å². The zero-order chi connectivity index (χ0) is 32.3. The molecule has 10 aromatic rings. The van der Waals surface area contributed by atoms with Crippen molar-refractivity contribution in [2.45, 2.75) is 0 Å². The SMILES string of the molecule is c1ccc(-c2nc(-c3ccccc3)nc(-c3cccc(-n4c5ccccc5c5c6ccc7ccccc7c6c6ccccc6c54)c3)n2)cc1. The molecule has 0 aliphatic carbocycles. The highest BCUT2D eigenvalue weighted by molar-refractivity contribution is 6.36. The molecular weight excluding hydrogens is 597 g/mol. The van der Waals surface area contributed by atoms with Crippen molar-refractivity contribution in [3.8, 4) is 39.9 Å². The van der Waals surface area contributed by atoms with Crippen molar-refractivity contribution in [2.24, 2.45) is 0 Å². The second kappa shape index (κ2) is 11.0. The number of hydrogen-bond acceptors (Lipinski definition) is 3. The number of nitrogens with zero attached hydrogens (tertiary/aromatic N) is 4. The minimum atomic E-state index is 0.636. The Morgan fingerprint density at radius 3 is 1.61 bits per heavy atom. The topological polar surface area (TPSA) is 43.6 Å². The van der Waals surface area contributed by atoms with E-state index in [1.807, 2.05) is 60.7 Å². The summed E-state index contributed by atoms with van der Waals surface area (Å²) < 4.78 is 2.42. The van der Waals surface area contributed by atoms with Crippen molar-refractivity contribution in [1.82, 2.24) is 19.5 Å². The van der Waals surface area contributed by atoms with Crippen LogP contribution < -0.4 is 0 Å². The average Bonchev–Trinajstić information content (AvgIpc) is 3.54. The van der Waals surface area contributed by atoms with Crippen molar-refractivity contribution in [3.63, 3.8) is 0 Å². The minimum absolute atomic E-state index is 0.636. The molecule has 0 bridgehead atoms. The Hall–Kier alpha value is -6.65. The number of para-hydroxylation sites is 1. The second-order valence-corrected chi connectivity index (χ2v) is 12.4. The van der Waals surface area contributed by atoms with Gasteiger partial charge in [0.25, 0.3) is 0 Å². The van der Waals surface area contributed by atoms with Crippen LogP contribution in [0.2, 0.25) is 0 Å². The molecule has 0 fully saturated rings. The van der Waals surface area contributed by atoms with Crippen molar-refractivity contribution in [3.05, 3.63) is 170 Å². The lowest BCUT2D eigenvalue weighted by Crippen LogP contribution is -2.01. The molecule has 8 aromatic carbocycles. The first kappa shape index (κ1) is 27.5. The molecule has 0 aliphatic heterocycles. The van der Waals surface area contributed by atoms with Gasteiger partial charge >= 0.3 is 0 Å². The molecular formula is C45H28N4. The summed E-state index contributed by atoms with van der Waals surface area (Å²) in [4.78, 5) is 15.0. The van der Waals surface area contributed by atoms with E-state index in [1.54, 1.807) is 0 Å². The van der Waals surface area contributed by atoms with E-state index in [4.69, 9.17) is 15.0 Å². The number of hydrogen-bond donors (Lipinski definition) is 0. The smallest absolute Gasteiger partial charge is 0.164 e. The van der Waals surface area contributed by atoms with Gasteiger partial charge in [0, 0.05) is 38.5 Å². The Labute approximate surface area is 282 Å². The van der Waals surface area contributed by atoms with Crippen LogP contribution in [-0.2, 0) is 0 Å². The molecule has 4 heteroatoms. The Morgan fingerprint density at radius 2 is 0.898 bits per heavy atom. The third-order valence-electron chi connectivity index (χ3n) is 9.59. The Kier molecular flexibility index (Phi) is 6.15. The molecule has 2 heterocycles. The molecule has 0 spiro atoms. The summed E-state index contributed by atoms with van der Waals surface area (Å²) in [5, 5.41) is 10.0. The predicted molar refractivity (Wildman–Crippen MR) is 203 cm³/mol. The van der Waals surface area contributed by atoms with Gasteiger partial charge in [0.1, 0.15) is 0 Å². The summed E-state index contributed by atoms with van der Waals surface area (Å²) in [6.45, 7) is 0. The number of benzene rings is 8.